The first kappa shape index (κ1) is 9.73. The van der Waals surface area contributed by atoms with Crippen molar-refractivity contribution in [2.75, 3.05) is 6.54 Å². The quantitative estimate of drug-likeness (QED) is 0.637. The summed E-state index contributed by atoms with van der Waals surface area (Å²) < 4.78 is 0. The van der Waals surface area contributed by atoms with Gasteiger partial charge in [0.25, 0.3) is 0 Å². The van der Waals surface area contributed by atoms with E-state index in [4.69, 9.17) is 5.26 Å². The molecule has 0 aromatic carbocycles. The van der Waals surface area contributed by atoms with E-state index in [2.05, 4.69) is 23.1 Å². The second-order valence-corrected chi connectivity index (χ2v) is 4.30. The Hall–Kier alpha value is -0.810. The first-order valence-electron chi connectivity index (χ1n) is 5.71. The van der Waals surface area contributed by atoms with E-state index < -0.39 is 0 Å². The molecule has 0 aromatic heterocycles. The molecule has 2 nitrogen and oxygen atoms in total. The topological polar surface area (TPSA) is 27.0 Å². The minimum atomic E-state index is 0.629. The fourth-order valence-electron chi connectivity index (χ4n) is 2.28. The molecular weight excluding hydrogens is 172 g/mol. The second-order valence-electron chi connectivity index (χ2n) is 4.30. The first-order valence-corrected chi connectivity index (χ1v) is 5.71. The summed E-state index contributed by atoms with van der Waals surface area (Å²) in [5, 5.41) is 8.62. The summed E-state index contributed by atoms with van der Waals surface area (Å²) in [5.41, 5.74) is 0. The molecule has 0 aliphatic heterocycles. The summed E-state index contributed by atoms with van der Waals surface area (Å²) in [4.78, 5) is 2.54. The molecule has 2 rings (SSSR count). The van der Waals surface area contributed by atoms with E-state index in [9.17, 15) is 0 Å². The molecule has 0 radical (unpaired) electrons. The van der Waals surface area contributed by atoms with Gasteiger partial charge < -0.3 is 0 Å². The highest BCUT2D eigenvalue weighted by atomic mass is 15.2. The lowest BCUT2D eigenvalue weighted by Gasteiger charge is -2.30. The van der Waals surface area contributed by atoms with E-state index in [-0.39, 0.29) is 0 Å². The first-order chi connectivity index (χ1) is 6.92. The van der Waals surface area contributed by atoms with Crippen LogP contribution < -0.4 is 0 Å². The minimum Gasteiger partial charge on any atom is -0.293 e. The third-order valence-electron chi connectivity index (χ3n) is 3.15. The molecule has 14 heavy (non-hydrogen) atoms. The lowest BCUT2D eigenvalue weighted by atomic mass is 10.0. The van der Waals surface area contributed by atoms with Gasteiger partial charge in [0.15, 0.2) is 0 Å². The van der Waals surface area contributed by atoms with Crippen LogP contribution in [0.25, 0.3) is 0 Å². The SMILES string of the molecule is N#CCCN(C1C=CCCC1)C1CC1. The predicted molar refractivity (Wildman–Crippen MR) is 56.7 cm³/mol. The lowest BCUT2D eigenvalue weighted by Crippen LogP contribution is -2.37. The van der Waals surface area contributed by atoms with Crippen LogP contribution in [0.1, 0.15) is 38.5 Å². The average Bonchev–Trinajstić information content (AvgIpc) is 3.04. The van der Waals surface area contributed by atoms with Crippen molar-refractivity contribution in [2.24, 2.45) is 0 Å². The molecule has 0 aromatic rings. The van der Waals surface area contributed by atoms with E-state index in [0.717, 1.165) is 12.6 Å². The maximum atomic E-state index is 8.62. The van der Waals surface area contributed by atoms with Gasteiger partial charge in [-0.3, -0.25) is 4.90 Å². The largest absolute Gasteiger partial charge is 0.293 e. The van der Waals surface area contributed by atoms with Crippen LogP contribution in [0, 0.1) is 11.3 Å². The maximum Gasteiger partial charge on any atom is 0.0635 e. The van der Waals surface area contributed by atoms with Gasteiger partial charge in [-0.15, -0.1) is 0 Å². The Morgan fingerprint density at radius 1 is 1.36 bits per heavy atom. The van der Waals surface area contributed by atoms with Crippen molar-refractivity contribution >= 4 is 0 Å². The standard InChI is InChI=1S/C12H18N2/c13-9-4-10-14(12-7-8-12)11-5-2-1-3-6-11/h2,5,11-12H,1,3-4,6-8,10H2. The van der Waals surface area contributed by atoms with Gasteiger partial charge in [-0.2, -0.15) is 5.26 Å². The number of nitriles is 1. The van der Waals surface area contributed by atoms with Gasteiger partial charge in [-0.05, 0) is 32.1 Å². The van der Waals surface area contributed by atoms with Crippen molar-refractivity contribution in [3.63, 3.8) is 0 Å². The van der Waals surface area contributed by atoms with Crippen LogP contribution in [0.2, 0.25) is 0 Å². The molecule has 1 fully saturated rings. The molecule has 0 saturated heterocycles. The van der Waals surface area contributed by atoms with Crippen molar-refractivity contribution in [1.82, 2.24) is 4.90 Å². The number of hydrogen-bond donors (Lipinski definition) is 0. The van der Waals surface area contributed by atoms with E-state index in [0.29, 0.717) is 12.5 Å². The third-order valence-corrected chi connectivity index (χ3v) is 3.15. The molecule has 1 atom stereocenters. The number of rotatable bonds is 4. The Kier molecular flexibility index (Phi) is 3.21. The van der Waals surface area contributed by atoms with Crippen LogP contribution >= 0.6 is 0 Å². The van der Waals surface area contributed by atoms with Gasteiger partial charge in [0.2, 0.25) is 0 Å². The zero-order valence-corrected chi connectivity index (χ0v) is 8.65. The summed E-state index contributed by atoms with van der Waals surface area (Å²) in [6, 6.07) is 3.67. The fraction of sp³-hybridized carbons (Fsp3) is 0.750. The van der Waals surface area contributed by atoms with Gasteiger partial charge in [0.05, 0.1) is 6.07 Å². The fourth-order valence-corrected chi connectivity index (χ4v) is 2.28. The molecule has 2 aliphatic rings. The molecule has 0 heterocycles. The van der Waals surface area contributed by atoms with E-state index >= 15 is 0 Å². The average molecular weight is 190 g/mol. The van der Waals surface area contributed by atoms with Gasteiger partial charge in [0, 0.05) is 25.0 Å². The highest BCUT2D eigenvalue weighted by Gasteiger charge is 2.32. The zero-order valence-electron chi connectivity index (χ0n) is 8.65. The van der Waals surface area contributed by atoms with Crippen LogP contribution in [0.3, 0.4) is 0 Å². The Morgan fingerprint density at radius 2 is 2.21 bits per heavy atom. The lowest BCUT2D eigenvalue weighted by molar-refractivity contribution is 0.208. The molecule has 1 unspecified atom stereocenters. The summed E-state index contributed by atoms with van der Waals surface area (Å²) in [6.45, 7) is 0.968. The summed E-state index contributed by atoms with van der Waals surface area (Å²) in [5.74, 6) is 0. The number of allylic oxidation sites excluding steroid dienone is 1. The summed E-state index contributed by atoms with van der Waals surface area (Å²) >= 11 is 0. The van der Waals surface area contributed by atoms with Crippen LogP contribution in [-0.2, 0) is 0 Å². The van der Waals surface area contributed by atoms with Crippen molar-refractivity contribution in [1.29, 1.82) is 5.26 Å². The van der Waals surface area contributed by atoms with Crippen LogP contribution in [0.15, 0.2) is 12.2 Å². The van der Waals surface area contributed by atoms with Crippen molar-refractivity contribution in [3.05, 3.63) is 12.2 Å². The molecule has 0 spiro atoms. The van der Waals surface area contributed by atoms with Gasteiger partial charge in [-0.1, -0.05) is 12.2 Å². The minimum absolute atomic E-state index is 0.629. The van der Waals surface area contributed by atoms with Gasteiger partial charge in [0.1, 0.15) is 0 Å². The Balaban J connectivity index is 1.91. The Morgan fingerprint density at radius 3 is 2.79 bits per heavy atom. The normalized spacial score (nSPS) is 26.4. The van der Waals surface area contributed by atoms with Gasteiger partial charge in [-0.25, -0.2) is 0 Å². The van der Waals surface area contributed by atoms with Crippen molar-refractivity contribution < 1.29 is 0 Å². The van der Waals surface area contributed by atoms with E-state index in [1.165, 1.54) is 32.1 Å². The van der Waals surface area contributed by atoms with Crippen LogP contribution in [0.5, 0.6) is 0 Å². The molecule has 0 N–H and O–H groups in total. The highest BCUT2D eigenvalue weighted by molar-refractivity contribution is 5.02. The molecule has 2 aliphatic carbocycles. The molecule has 0 bridgehead atoms. The monoisotopic (exact) mass is 190 g/mol. The molecular formula is C12H18N2. The highest BCUT2D eigenvalue weighted by Crippen LogP contribution is 2.31. The van der Waals surface area contributed by atoms with E-state index in [1.54, 1.807) is 0 Å². The Labute approximate surface area is 86.2 Å². The molecule has 2 heteroatoms. The molecule has 1 saturated carbocycles. The maximum absolute atomic E-state index is 8.62. The Bertz CT molecular complexity index is 248. The summed E-state index contributed by atoms with van der Waals surface area (Å²) in [6.07, 6.45) is 11.9. The molecule has 76 valence electrons. The second kappa shape index (κ2) is 4.61. The third kappa shape index (κ3) is 2.36. The number of nitrogens with zero attached hydrogens (tertiary/aromatic N) is 2. The van der Waals surface area contributed by atoms with Crippen molar-refractivity contribution in [2.45, 2.75) is 50.6 Å². The predicted octanol–water partition coefficient (Wildman–Crippen LogP) is 2.47. The zero-order chi connectivity index (χ0) is 9.80. The molecule has 0 amide bonds. The number of hydrogen-bond acceptors (Lipinski definition) is 2. The van der Waals surface area contributed by atoms with Crippen LogP contribution in [0.4, 0.5) is 0 Å². The van der Waals surface area contributed by atoms with Gasteiger partial charge >= 0.3 is 0 Å². The smallest absolute Gasteiger partial charge is 0.0635 e. The van der Waals surface area contributed by atoms with E-state index in [1.807, 2.05) is 0 Å². The van der Waals surface area contributed by atoms with Crippen molar-refractivity contribution in [3.8, 4) is 6.07 Å². The summed E-state index contributed by atoms with van der Waals surface area (Å²) in [7, 11) is 0. The van der Waals surface area contributed by atoms with Crippen LogP contribution in [-0.4, -0.2) is 23.5 Å².